The van der Waals surface area contributed by atoms with Gasteiger partial charge >= 0.3 is 0 Å². The standard InChI is InChI=1S/C5H4N3/c6-8-5-2-1-3-7-4-5/h1-4H/q-1. The molecule has 0 saturated carbocycles. The number of hydrogen-bond donors (Lipinski definition) is 0. The Morgan fingerprint density at radius 2 is 2.50 bits per heavy atom. The summed E-state index contributed by atoms with van der Waals surface area (Å²) in [7, 11) is 0. The molecule has 0 aromatic carbocycles. The highest BCUT2D eigenvalue weighted by molar-refractivity contribution is 5.31. The summed E-state index contributed by atoms with van der Waals surface area (Å²) >= 11 is 0. The number of hydrogen-bond acceptors (Lipinski definition) is 2. The molecule has 0 spiro atoms. The molecule has 0 fully saturated rings. The summed E-state index contributed by atoms with van der Waals surface area (Å²) < 4.78 is 0. The van der Waals surface area contributed by atoms with Gasteiger partial charge in [-0.15, -0.1) is 0 Å². The van der Waals surface area contributed by atoms with E-state index in [-0.39, 0.29) is 0 Å². The molecule has 1 aromatic heterocycles. The fraction of sp³-hybridized carbons (Fsp3) is 0. The van der Waals surface area contributed by atoms with Crippen molar-refractivity contribution in [1.82, 2.24) is 4.98 Å². The summed E-state index contributed by atoms with van der Waals surface area (Å²) in [6, 6.07) is 3.36. The lowest BCUT2D eigenvalue weighted by Crippen LogP contribution is -1.63. The van der Waals surface area contributed by atoms with E-state index in [0.717, 1.165) is 0 Å². The van der Waals surface area contributed by atoms with Gasteiger partial charge < -0.3 is 10.6 Å². The van der Waals surface area contributed by atoms with Crippen molar-refractivity contribution >= 4 is 5.69 Å². The maximum Gasteiger partial charge on any atom is 0.0582 e. The van der Waals surface area contributed by atoms with Gasteiger partial charge in [0.1, 0.15) is 0 Å². The first-order valence-electron chi connectivity index (χ1n) is 2.18. The fourth-order valence-electron chi connectivity index (χ4n) is 0.413. The largest absolute Gasteiger partial charge is 0.706 e. The van der Waals surface area contributed by atoms with Crippen LogP contribution in [0.2, 0.25) is 0 Å². The van der Waals surface area contributed by atoms with Crippen LogP contribution < -0.4 is 0 Å². The fourth-order valence-corrected chi connectivity index (χ4v) is 0.413. The van der Waals surface area contributed by atoms with Gasteiger partial charge in [0.05, 0.1) is 11.9 Å². The minimum atomic E-state index is 0.479. The molecule has 0 N–H and O–H groups in total. The monoisotopic (exact) mass is 106 g/mol. The van der Waals surface area contributed by atoms with Crippen molar-refractivity contribution in [2.24, 2.45) is 5.11 Å². The second-order valence-electron chi connectivity index (χ2n) is 1.31. The van der Waals surface area contributed by atoms with Crippen molar-refractivity contribution in [3.63, 3.8) is 0 Å². The van der Waals surface area contributed by atoms with Crippen LogP contribution in [0, 0.1) is 0 Å². The van der Waals surface area contributed by atoms with Gasteiger partial charge in [-0.2, -0.15) is 0 Å². The van der Waals surface area contributed by atoms with Gasteiger partial charge in [-0.1, -0.05) is 0 Å². The first-order valence-corrected chi connectivity index (χ1v) is 2.18. The Labute approximate surface area is 46.9 Å². The lowest BCUT2D eigenvalue weighted by atomic mass is 10.4. The molecular formula is C5H4N3-. The van der Waals surface area contributed by atoms with E-state index in [4.69, 9.17) is 5.53 Å². The van der Waals surface area contributed by atoms with E-state index in [9.17, 15) is 0 Å². The summed E-state index contributed by atoms with van der Waals surface area (Å²) in [5.74, 6) is 0. The van der Waals surface area contributed by atoms with Crippen LogP contribution in [0.4, 0.5) is 5.69 Å². The summed E-state index contributed by atoms with van der Waals surface area (Å²) in [5.41, 5.74) is 8.60. The highest BCUT2D eigenvalue weighted by Gasteiger charge is 1.75. The van der Waals surface area contributed by atoms with Crippen molar-refractivity contribution < 1.29 is 0 Å². The van der Waals surface area contributed by atoms with Gasteiger partial charge in [-0.05, 0) is 12.1 Å². The molecule has 1 rings (SSSR count). The zero-order valence-electron chi connectivity index (χ0n) is 4.15. The van der Waals surface area contributed by atoms with E-state index >= 15 is 0 Å². The molecular weight excluding hydrogens is 102 g/mol. The molecule has 0 atom stereocenters. The minimum absolute atomic E-state index is 0.479. The lowest BCUT2D eigenvalue weighted by molar-refractivity contribution is 1.30. The van der Waals surface area contributed by atoms with Gasteiger partial charge in [0, 0.05) is 6.20 Å². The molecule has 0 aliphatic heterocycles. The lowest BCUT2D eigenvalue weighted by Gasteiger charge is -1.90. The van der Waals surface area contributed by atoms with Crippen molar-refractivity contribution in [2.75, 3.05) is 0 Å². The number of nitrogens with zero attached hydrogens (tertiary/aromatic N) is 3. The number of pyridine rings is 1. The molecule has 0 aliphatic carbocycles. The van der Waals surface area contributed by atoms with Crippen LogP contribution in [0.1, 0.15) is 0 Å². The van der Waals surface area contributed by atoms with Crippen molar-refractivity contribution in [3.8, 4) is 0 Å². The van der Waals surface area contributed by atoms with Crippen molar-refractivity contribution in [2.45, 2.75) is 0 Å². The van der Waals surface area contributed by atoms with Crippen LogP contribution in [-0.2, 0) is 0 Å². The van der Waals surface area contributed by atoms with Crippen molar-refractivity contribution in [1.29, 1.82) is 0 Å². The normalized spacial score (nSPS) is 8.50. The molecule has 0 radical (unpaired) electrons. The maximum atomic E-state index is 8.12. The molecule has 0 saturated heterocycles. The Kier molecular flexibility index (Phi) is 1.32. The summed E-state index contributed by atoms with van der Waals surface area (Å²) in [6.45, 7) is 0. The summed E-state index contributed by atoms with van der Waals surface area (Å²) in [4.78, 5) is 3.70. The Hall–Kier alpha value is -1.25. The zero-order valence-corrected chi connectivity index (χ0v) is 4.15. The molecule has 0 amide bonds. The number of aromatic nitrogens is 1. The molecule has 1 aromatic rings. The predicted octanol–water partition coefficient (Wildman–Crippen LogP) is 1.73. The van der Waals surface area contributed by atoms with E-state index in [0.29, 0.717) is 5.69 Å². The first-order chi connectivity index (χ1) is 3.93. The van der Waals surface area contributed by atoms with Gasteiger partial charge in [0.15, 0.2) is 0 Å². The van der Waals surface area contributed by atoms with E-state index in [1.165, 1.54) is 6.20 Å². The highest BCUT2D eigenvalue weighted by Crippen LogP contribution is 2.05. The van der Waals surface area contributed by atoms with Crippen LogP contribution in [0.3, 0.4) is 0 Å². The second-order valence-corrected chi connectivity index (χ2v) is 1.31. The SMILES string of the molecule is [N-]=Nc1cccnc1. The number of rotatable bonds is 1. The minimum Gasteiger partial charge on any atom is -0.706 e. The third-order valence-electron chi connectivity index (χ3n) is 0.761. The molecule has 0 aliphatic rings. The Balaban J connectivity index is 2.99. The van der Waals surface area contributed by atoms with E-state index in [2.05, 4.69) is 10.1 Å². The Bertz CT molecular complexity index is 170. The van der Waals surface area contributed by atoms with E-state index in [1.807, 2.05) is 0 Å². The van der Waals surface area contributed by atoms with Gasteiger partial charge in [0.2, 0.25) is 0 Å². The molecule has 3 nitrogen and oxygen atoms in total. The smallest absolute Gasteiger partial charge is 0.0582 e. The average Bonchev–Trinajstić information content (AvgIpc) is 1.90. The summed E-state index contributed by atoms with van der Waals surface area (Å²) in [5, 5.41) is 2.91. The summed E-state index contributed by atoms with van der Waals surface area (Å²) in [6.07, 6.45) is 3.09. The molecule has 1 heterocycles. The molecule has 0 bridgehead atoms. The first kappa shape index (κ1) is 4.90. The molecule has 8 heavy (non-hydrogen) atoms. The van der Waals surface area contributed by atoms with E-state index in [1.54, 1.807) is 18.3 Å². The molecule has 0 unspecified atom stereocenters. The van der Waals surface area contributed by atoms with Crippen LogP contribution in [0.25, 0.3) is 5.53 Å². The second kappa shape index (κ2) is 2.16. The maximum absolute atomic E-state index is 8.12. The van der Waals surface area contributed by atoms with Crippen molar-refractivity contribution in [3.05, 3.63) is 30.1 Å². The van der Waals surface area contributed by atoms with Gasteiger partial charge in [-0.25, -0.2) is 0 Å². The van der Waals surface area contributed by atoms with Crippen LogP contribution in [0.15, 0.2) is 29.6 Å². The van der Waals surface area contributed by atoms with Crippen LogP contribution in [0.5, 0.6) is 0 Å². The predicted molar refractivity (Wildman–Crippen MR) is 29.7 cm³/mol. The third-order valence-corrected chi connectivity index (χ3v) is 0.761. The topological polar surface area (TPSA) is 47.5 Å². The Morgan fingerprint density at radius 3 is 2.88 bits per heavy atom. The quantitative estimate of drug-likeness (QED) is 0.503. The van der Waals surface area contributed by atoms with Crippen LogP contribution >= 0.6 is 0 Å². The van der Waals surface area contributed by atoms with Gasteiger partial charge in [0.25, 0.3) is 0 Å². The molecule has 3 heteroatoms. The highest BCUT2D eigenvalue weighted by atomic mass is 15.0. The van der Waals surface area contributed by atoms with E-state index < -0.39 is 0 Å². The molecule has 40 valence electrons. The average molecular weight is 106 g/mol. The van der Waals surface area contributed by atoms with Crippen LogP contribution in [-0.4, -0.2) is 4.98 Å². The van der Waals surface area contributed by atoms with Gasteiger partial charge in [-0.3, -0.25) is 4.98 Å². The zero-order chi connectivity index (χ0) is 5.82. The third kappa shape index (κ3) is 0.872. The Morgan fingerprint density at radius 1 is 1.62 bits per heavy atom.